The van der Waals surface area contributed by atoms with Crippen LogP contribution in [0.3, 0.4) is 0 Å². The van der Waals surface area contributed by atoms with Crippen molar-refractivity contribution < 1.29 is 17.7 Å². The number of aromatic nitrogens is 2. The number of hydrogen-bond acceptors (Lipinski definition) is 6. The molecule has 1 saturated carbocycles. The molecule has 1 aliphatic rings. The average Bonchev–Trinajstić information content (AvgIpc) is 2.75. The van der Waals surface area contributed by atoms with Crippen LogP contribution in [0.1, 0.15) is 57.2 Å². The van der Waals surface area contributed by atoms with Crippen LogP contribution in [0.4, 0.5) is 0 Å². The molecule has 22 heavy (non-hydrogen) atoms. The van der Waals surface area contributed by atoms with Crippen LogP contribution in [0.25, 0.3) is 0 Å². The van der Waals surface area contributed by atoms with Crippen molar-refractivity contribution in [3.05, 3.63) is 11.7 Å². The molecule has 0 radical (unpaired) electrons. The zero-order chi connectivity index (χ0) is 16.2. The Labute approximate surface area is 130 Å². The number of carbonyl (C=O) groups is 1. The molecule has 8 heteroatoms. The first-order chi connectivity index (χ1) is 10.4. The van der Waals surface area contributed by atoms with Crippen LogP contribution in [0.2, 0.25) is 0 Å². The summed E-state index contributed by atoms with van der Waals surface area (Å²) in [6.45, 7) is 3.23. The van der Waals surface area contributed by atoms with E-state index in [1.807, 2.05) is 0 Å². The van der Waals surface area contributed by atoms with Gasteiger partial charge in [-0.15, -0.1) is 0 Å². The Morgan fingerprint density at radius 2 is 1.91 bits per heavy atom. The molecule has 2 rings (SSSR count). The van der Waals surface area contributed by atoms with E-state index >= 15 is 0 Å². The fraction of sp³-hybridized carbons (Fsp3) is 0.786. The van der Waals surface area contributed by atoms with Crippen LogP contribution in [0.15, 0.2) is 4.52 Å². The molecule has 1 heterocycles. The number of nitrogens with zero attached hydrogens (tertiary/aromatic N) is 2. The zero-order valence-corrected chi connectivity index (χ0v) is 13.9. The highest BCUT2D eigenvalue weighted by molar-refractivity contribution is 7.92. The molecule has 0 bridgehead atoms. The Morgan fingerprint density at radius 3 is 2.41 bits per heavy atom. The lowest BCUT2D eigenvalue weighted by Crippen LogP contribution is -2.48. The molecule has 1 amide bonds. The lowest BCUT2D eigenvalue weighted by Gasteiger charge is -2.30. The molecule has 1 aromatic heterocycles. The molecule has 124 valence electrons. The summed E-state index contributed by atoms with van der Waals surface area (Å²) in [6.07, 6.45) is 5.44. The summed E-state index contributed by atoms with van der Waals surface area (Å²) >= 11 is 0. The summed E-state index contributed by atoms with van der Waals surface area (Å²) in [5.41, 5.74) is -0.714. The molecule has 1 fully saturated rings. The first-order valence-corrected chi connectivity index (χ1v) is 9.51. The minimum atomic E-state index is -3.36. The van der Waals surface area contributed by atoms with E-state index in [9.17, 15) is 13.2 Å². The fourth-order valence-corrected chi connectivity index (χ4v) is 3.51. The van der Waals surface area contributed by atoms with Crippen molar-refractivity contribution in [2.45, 2.75) is 57.9 Å². The van der Waals surface area contributed by atoms with Gasteiger partial charge in [-0.05, 0) is 12.8 Å². The molecule has 7 nitrogen and oxygen atoms in total. The Bertz CT molecular complexity index is 616. The average molecular weight is 329 g/mol. The highest BCUT2D eigenvalue weighted by atomic mass is 32.2. The number of sulfone groups is 1. The van der Waals surface area contributed by atoms with Gasteiger partial charge < -0.3 is 9.84 Å². The number of hydrogen-bond donors (Lipinski definition) is 1. The monoisotopic (exact) mass is 329 g/mol. The van der Waals surface area contributed by atoms with Gasteiger partial charge in [-0.2, -0.15) is 4.98 Å². The maximum Gasteiger partial charge on any atom is 0.236 e. The van der Waals surface area contributed by atoms with E-state index in [1.165, 1.54) is 6.92 Å². The first kappa shape index (κ1) is 16.9. The third-order valence-corrected chi connectivity index (χ3v) is 5.66. The Kier molecular flexibility index (Phi) is 5.20. The van der Waals surface area contributed by atoms with E-state index in [4.69, 9.17) is 4.52 Å². The highest BCUT2D eigenvalue weighted by Crippen LogP contribution is 2.34. The summed E-state index contributed by atoms with van der Waals surface area (Å²) in [4.78, 5) is 16.5. The lowest BCUT2D eigenvalue weighted by atomic mass is 9.89. The van der Waals surface area contributed by atoms with Gasteiger partial charge >= 0.3 is 0 Å². The van der Waals surface area contributed by atoms with Gasteiger partial charge in [-0.1, -0.05) is 37.8 Å². The Morgan fingerprint density at radius 1 is 1.27 bits per heavy atom. The predicted molar refractivity (Wildman–Crippen MR) is 80.9 cm³/mol. The van der Waals surface area contributed by atoms with Crippen LogP contribution in [0.5, 0.6) is 0 Å². The second-order valence-electron chi connectivity index (χ2n) is 5.86. The smallest absolute Gasteiger partial charge is 0.236 e. The standard InChI is InChI=1S/C14H23N3O4S/c1-3-22(19,20)10-12(18)16-14(8-6-4-5-7-9-14)13-15-11(2)21-17-13/h3-10H2,1-2H3,(H,16,18). The van der Waals surface area contributed by atoms with Crippen molar-refractivity contribution in [3.8, 4) is 0 Å². The molecule has 1 N–H and O–H groups in total. The number of aryl methyl sites for hydroxylation is 1. The van der Waals surface area contributed by atoms with Crippen LogP contribution < -0.4 is 5.32 Å². The van der Waals surface area contributed by atoms with E-state index in [0.717, 1.165) is 25.7 Å². The van der Waals surface area contributed by atoms with Gasteiger partial charge in [0.2, 0.25) is 11.8 Å². The molecular weight excluding hydrogens is 306 g/mol. The third kappa shape index (κ3) is 4.06. The molecule has 0 saturated heterocycles. The maximum atomic E-state index is 12.2. The van der Waals surface area contributed by atoms with E-state index in [2.05, 4.69) is 15.5 Å². The molecule has 1 aliphatic carbocycles. The van der Waals surface area contributed by atoms with Crippen molar-refractivity contribution in [3.63, 3.8) is 0 Å². The number of nitrogens with one attached hydrogen (secondary N) is 1. The highest BCUT2D eigenvalue weighted by Gasteiger charge is 2.39. The maximum absolute atomic E-state index is 12.2. The lowest BCUT2D eigenvalue weighted by molar-refractivity contribution is -0.121. The van der Waals surface area contributed by atoms with Gasteiger partial charge in [0.15, 0.2) is 15.7 Å². The molecule has 0 atom stereocenters. The second kappa shape index (κ2) is 6.76. The van der Waals surface area contributed by atoms with Crippen LogP contribution in [-0.2, 0) is 20.2 Å². The van der Waals surface area contributed by atoms with Crippen molar-refractivity contribution >= 4 is 15.7 Å². The number of rotatable bonds is 5. The van der Waals surface area contributed by atoms with Crippen molar-refractivity contribution in [2.75, 3.05) is 11.5 Å². The number of carbonyl (C=O) groups excluding carboxylic acids is 1. The zero-order valence-electron chi connectivity index (χ0n) is 13.1. The minimum Gasteiger partial charge on any atom is -0.342 e. The molecule has 0 unspecified atom stereocenters. The minimum absolute atomic E-state index is 0.0469. The summed E-state index contributed by atoms with van der Waals surface area (Å²) in [5.74, 6) is -0.147. The van der Waals surface area contributed by atoms with Crippen LogP contribution in [0, 0.1) is 6.92 Å². The first-order valence-electron chi connectivity index (χ1n) is 7.69. The SMILES string of the molecule is CCS(=O)(=O)CC(=O)NC1(c2noc(C)n2)CCCCCC1. The fourth-order valence-electron chi connectivity index (χ4n) is 2.84. The van der Waals surface area contributed by atoms with Gasteiger partial charge in [0.25, 0.3) is 0 Å². The van der Waals surface area contributed by atoms with E-state index in [-0.39, 0.29) is 5.75 Å². The van der Waals surface area contributed by atoms with Crippen molar-refractivity contribution in [1.82, 2.24) is 15.5 Å². The van der Waals surface area contributed by atoms with Gasteiger partial charge in [0, 0.05) is 12.7 Å². The normalized spacial score (nSPS) is 18.6. The van der Waals surface area contributed by atoms with Gasteiger partial charge in [0.05, 0.1) is 0 Å². The largest absolute Gasteiger partial charge is 0.342 e. The third-order valence-electron chi connectivity index (χ3n) is 4.08. The van der Waals surface area contributed by atoms with Gasteiger partial charge in [-0.25, -0.2) is 8.42 Å². The van der Waals surface area contributed by atoms with E-state index < -0.39 is 27.0 Å². The summed E-state index contributed by atoms with van der Waals surface area (Å²) in [6, 6.07) is 0. The number of amides is 1. The van der Waals surface area contributed by atoms with E-state index in [1.54, 1.807) is 6.92 Å². The molecule has 0 aromatic carbocycles. The molecular formula is C14H23N3O4S. The summed E-state index contributed by atoms with van der Waals surface area (Å²) in [5, 5.41) is 6.86. The molecule has 0 spiro atoms. The van der Waals surface area contributed by atoms with Crippen molar-refractivity contribution in [2.24, 2.45) is 0 Å². The van der Waals surface area contributed by atoms with Crippen LogP contribution in [-0.4, -0.2) is 36.0 Å². The molecule has 0 aliphatic heterocycles. The quantitative estimate of drug-likeness (QED) is 0.821. The Hall–Kier alpha value is -1.44. The van der Waals surface area contributed by atoms with Crippen molar-refractivity contribution in [1.29, 1.82) is 0 Å². The molecule has 1 aromatic rings. The Balaban J connectivity index is 2.23. The second-order valence-corrected chi connectivity index (χ2v) is 8.21. The van der Waals surface area contributed by atoms with Gasteiger partial charge in [0.1, 0.15) is 11.3 Å². The summed E-state index contributed by atoms with van der Waals surface area (Å²) in [7, 11) is -3.36. The predicted octanol–water partition coefficient (Wildman–Crippen LogP) is 1.48. The van der Waals surface area contributed by atoms with Crippen LogP contribution >= 0.6 is 0 Å². The van der Waals surface area contributed by atoms with Gasteiger partial charge in [-0.3, -0.25) is 4.79 Å². The summed E-state index contributed by atoms with van der Waals surface area (Å²) < 4.78 is 28.4. The topological polar surface area (TPSA) is 102 Å². The van der Waals surface area contributed by atoms with E-state index in [0.29, 0.717) is 24.6 Å².